The number of rotatable bonds is 3. The Balaban J connectivity index is 1.87. The minimum atomic E-state index is -0.469. The topological polar surface area (TPSA) is 73.1 Å². The molecule has 1 N–H and O–H groups in total. The summed E-state index contributed by atoms with van der Waals surface area (Å²) in [6.07, 6.45) is 3.22. The predicted molar refractivity (Wildman–Crippen MR) is 97.6 cm³/mol. The molecule has 2 aromatic rings. The van der Waals surface area contributed by atoms with E-state index < -0.39 is 11.2 Å². The molecule has 1 aliphatic carbocycles. The summed E-state index contributed by atoms with van der Waals surface area (Å²) in [5.74, 6) is 0.685. The molecule has 1 aromatic carbocycles. The highest BCUT2D eigenvalue weighted by atomic mass is 16.2. The largest absolute Gasteiger partial charge is 0.352 e. The van der Waals surface area contributed by atoms with E-state index in [0.717, 1.165) is 17.4 Å². The monoisotopic (exact) mass is 343 g/mol. The Labute approximate surface area is 146 Å². The minimum Gasteiger partial charge on any atom is -0.352 e. The molecule has 1 fully saturated rings. The van der Waals surface area contributed by atoms with Crippen LogP contribution < -0.4 is 16.6 Å². The molecule has 134 valence electrons. The average Bonchev–Trinajstić information content (AvgIpc) is 2.61. The van der Waals surface area contributed by atoms with Gasteiger partial charge in [-0.2, -0.15) is 0 Å². The second kappa shape index (κ2) is 6.86. The molecule has 1 amide bonds. The smallest absolute Gasteiger partial charge is 0.331 e. The number of aromatic nitrogens is 2. The van der Waals surface area contributed by atoms with Crippen molar-refractivity contribution in [2.75, 3.05) is 0 Å². The first-order chi connectivity index (χ1) is 11.9. The summed E-state index contributed by atoms with van der Waals surface area (Å²) in [7, 11) is 1.61. The van der Waals surface area contributed by atoms with Crippen LogP contribution in [-0.4, -0.2) is 21.1 Å². The van der Waals surface area contributed by atoms with Gasteiger partial charge < -0.3 is 5.32 Å². The summed E-state index contributed by atoms with van der Waals surface area (Å²) in [6, 6.07) is 7.05. The lowest BCUT2D eigenvalue weighted by atomic mass is 9.78. The number of carbonyl (C=O) groups is 1. The van der Waals surface area contributed by atoms with E-state index in [2.05, 4.69) is 19.2 Å². The number of para-hydroxylation sites is 1. The number of amides is 1. The molecule has 6 nitrogen and oxygen atoms in total. The molecule has 25 heavy (non-hydrogen) atoms. The summed E-state index contributed by atoms with van der Waals surface area (Å²) in [4.78, 5) is 37.6. The third kappa shape index (κ3) is 3.25. The molecule has 6 heteroatoms. The molecular formula is C19H25N3O3. The lowest BCUT2D eigenvalue weighted by molar-refractivity contribution is -0.123. The molecule has 3 atom stereocenters. The van der Waals surface area contributed by atoms with E-state index in [4.69, 9.17) is 0 Å². The lowest BCUT2D eigenvalue weighted by Crippen LogP contribution is -2.48. The van der Waals surface area contributed by atoms with Crippen molar-refractivity contribution in [3.63, 3.8) is 0 Å². The van der Waals surface area contributed by atoms with Crippen LogP contribution in [0.4, 0.5) is 0 Å². The van der Waals surface area contributed by atoms with E-state index >= 15 is 0 Å². The fourth-order valence-electron chi connectivity index (χ4n) is 3.78. The second-order valence-corrected chi connectivity index (χ2v) is 7.19. The number of benzene rings is 1. The quantitative estimate of drug-likeness (QED) is 0.921. The fourth-order valence-corrected chi connectivity index (χ4v) is 3.78. The van der Waals surface area contributed by atoms with E-state index in [-0.39, 0.29) is 18.5 Å². The summed E-state index contributed by atoms with van der Waals surface area (Å²) in [5, 5.41) is 3.46. The van der Waals surface area contributed by atoms with Crippen LogP contribution in [0.15, 0.2) is 33.9 Å². The zero-order valence-corrected chi connectivity index (χ0v) is 15.0. The van der Waals surface area contributed by atoms with Crippen LogP contribution in [-0.2, 0) is 18.4 Å². The zero-order valence-electron chi connectivity index (χ0n) is 15.0. The lowest BCUT2D eigenvalue weighted by Gasteiger charge is -2.34. The van der Waals surface area contributed by atoms with Crippen molar-refractivity contribution in [3.8, 4) is 0 Å². The van der Waals surface area contributed by atoms with Gasteiger partial charge in [-0.3, -0.25) is 18.7 Å². The molecule has 0 spiro atoms. The number of fused-ring (bicyclic) bond motifs is 1. The number of hydrogen-bond donors (Lipinski definition) is 1. The average molecular weight is 343 g/mol. The molecule has 0 saturated heterocycles. The van der Waals surface area contributed by atoms with Gasteiger partial charge in [0.2, 0.25) is 5.91 Å². The van der Waals surface area contributed by atoms with Gasteiger partial charge in [0.1, 0.15) is 6.54 Å². The summed E-state index contributed by atoms with van der Waals surface area (Å²) >= 11 is 0. The summed E-state index contributed by atoms with van der Waals surface area (Å²) in [5.41, 5.74) is -0.313. The summed E-state index contributed by atoms with van der Waals surface area (Å²) < 4.78 is 2.43. The van der Waals surface area contributed by atoms with Crippen molar-refractivity contribution in [2.45, 2.75) is 45.7 Å². The Morgan fingerprint density at radius 1 is 1.20 bits per heavy atom. The van der Waals surface area contributed by atoms with Gasteiger partial charge in [-0.1, -0.05) is 38.8 Å². The Morgan fingerprint density at radius 3 is 2.68 bits per heavy atom. The van der Waals surface area contributed by atoms with Crippen LogP contribution in [0.25, 0.3) is 10.9 Å². The third-order valence-corrected chi connectivity index (χ3v) is 5.61. The van der Waals surface area contributed by atoms with Gasteiger partial charge in [0.25, 0.3) is 5.56 Å². The Bertz CT molecular complexity index is 912. The van der Waals surface area contributed by atoms with Crippen molar-refractivity contribution >= 4 is 16.8 Å². The fraction of sp³-hybridized carbons (Fsp3) is 0.526. The number of nitrogens with zero attached hydrogens (tertiary/aromatic N) is 2. The highest BCUT2D eigenvalue weighted by Crippen LogP contribution is 2.29. The maximum Gasteiger partial charge on any atom is 0.331 e. The standard InChI is InChI=1S/C19H25N3O3/c1-12-7-6-9-15(13(12)2)20-17(23)11-22-18(24)14-8-4-5-10-16(14)21(3)19(22)25/h4-5,8,10,12-13,15H,6-7,9,11H2,1-3H3,(H,20,23). The Morgan fingerprint density at radius 2 is 1.92 bits per heavy atom. The van der Waals surface area contributed by atoms with E-state index in [9.17, 15) is 14.4 Å². The van der Waals surface area contributed by atoms with E-state index in [1.165, 1.54) is 11.0 Å². The number of nitrogens with one attached hydrogen (secondary N) is 1. The molecular weight excluding hydrogens is 318 g/mol. The van der Waals surface area contributed by atoms with Gasteiger partial charge in [-0.05, 0) is 30.4 Å². The van der Waals surface area contributed by atoms with Crippen LogP contribution in [0.3, 0.4) is 0 Å². The molecule has 1 saturated carbocycles. The van der Waals surface area contributed by atoms with Crippen molar-refractivity contribution in [1.29, 1.82) is 0 Å². The summed E-state index contributed by atoms with van der Waals surface area (Å²) in [6.45, 7) is 4.11. The number of carbonyl (C=O) groups excluding carboxylic acids is 1. The first kappa shape index (κ1) is 17.5. The SMILES string of the molecule is CC1CCCC(NC(=O)Cn2c(=O)c3ccccc3n(C)c2=O)C1C. The van der Waals surface area contributed by atoms with E-state index in [1.807, 2.05) is 0 Å². The van der Waals surface area contributed by atoms with Crippen LogP contribution in [0.2, 0.25) is 0 Å². The van der Waals surface area contributed by atoms with Crippen molar-refractivity contribution in [2.24, 2.45) is 18.9 Å². The maximum atomic E-state index is 12.6. The van der Waals surface area contributed by atoms with Crippen LogP contribution in [0, 0.1) is 11.8 Å². The highest BCUT2D eigenvalue weighted by Gasteiger charge is 2.28. The van der Waals surface area contributed by atoms with Gasteiger partial charge >= 0.3 is 5.69 Å². The normalized spacial score (nSPS) is 23.6. The molecule has 1 heterocycles. The molecule has 3 unspecified atom stereocenters. The van der Waals surface area contributed by atoms with Gasteiger partial charge in [-0.25, -0.2) is 4.79 Å². The predicted octanol–water partition coefficient (Wildman–Crippen LogP) is 1.64. The Hall–Kier alpha value is -2.37. The van der Waals surface area contributed by atoms with Crippen LogP contribution >= 0.6 is 0 Å². The zero-order chi connectivity index (χ0) is 18.1. The van der Waals surface area contributed by atoms with Crippen molar-refractivity contribution < 1.29 is 4.79 Å². The van der Waals surface area contributed by atoms with Crippen LogP contribution in [0.5, 0.6) is 0 Å². The Kier molecular flexibility index (Phi) is 4.79. The van der Waals surface area contributed by atoms with E-state index in [1.54, 1.807) is 31.3 Å². The molecule has 0 radical (unpaired) electrons. The molecule has 0 bridgehead atoms. The third-order valence-electron chi connectivity index (χ3n) is 5.61. The second-order valence-electron chi connectivity index (χ2n) is 7.19. The van der Waals surface area contributed by atoms with Gasteiger partial charge in [-0.15, -0.1) is 0 Å². The van der Waals surface area contributed by atoms with E-state index in [0.29, 0.717) is 22.7 Å². The van der Waals surface area contributed by atoms with Gasteiger partial charge in [0.05, 0.1) is 10.9 Å². The van der Waals surface area contributed by atoms with Crippen molar-refractivity contribution in [1.82, 2.24) is 14.5 Å². The van der Waals surface area contributed by atoms with Gasteiger partial charge in [0.15, 0.2) is 0 Å². The first-order valence-electron chi connectivity index (χ1n) is 8.88. The molecule has 3 rings (SSSR count). The first-order valence-corrected chi connectivity index (χ1v) is 8.88. The molecule has 1 aliphatic rings. The van der Waals surface area contributed by atoms with Crippen molar-refractivity contribution in [3.05, 3.63) is 45.1 Å². The number of hydrogen-bond acceptors (Lipinski definition) is 3. The minimum absolute atomic E-state index is 0.108. The highest BCUT2D eigenvalue weighted by molar-refractivity contribution is 5.79. The molecule has 1 aromatic heterocycles. The molecule has 0 aliphatic heterocycles. The number of aryl methyl sites for hydroxylation is 1. The van der Waals surface area contributed by atoms with Crippen LogP contribution in [0.1, 0.15) is 33.1 Å². The maximum absolute atomic E-state index is 12.6. The van der Waals surface area contributed by atoms with Gasteiger partial charge in [0, 0.05) is 13.1 Å².